The van der Waals surface area contributed by atoms with Crippen molar-refractivity contribution in [2.24, 2.45) is 0 Å². The number of halogens is 4. The Labute approximate surface area is 109 Å². The maximum Gasteiger partial charge on any atom is 0.441 e. The summed E-state index contributed by atoms with van der Waals surface area (Å²) in [6, 6.07) is 4.89. The summed E-state index contributed by atoms with van der Waals surface area (Å²) in [6.45, 7) is -0.189. The second-order valence-electron chi connectivity index (χ2n) is 3.05. The van der Waals surface area contributed by atoms with E-state index in [4.69, 9.17) is 9.84 Å². The molecular weight excluding hydrogens is 321 g/mol. The molecule has 17 heavy (non-hydrogen) atoms. The highest BCUT2D eigenvalue weighted by Crippen LogP contribution is 2.30. The average molecular weight is 331 g/mol. The third-order valence-corrected chi connectivity index (χ3v) is 3.28. The van der Waals surface area contributed by atoms with Crippen molar-refractivity contribution in [2.75, 3.05) is 12.4 Å². The molecule has 0 spiro atoms. The summed E-state index contributed by atoms with van der Waals surface area (Å²) in [5.74, 6) is 0.286. The molecule has 2 nitrogen and oxygen atoms in total. The van der Waals surface area contributed by atoms with Crippen molar-refractivity contribution in [3.05, 3.63) is 28.2 Å². The fraction of sp³-hybridized carbons (Fsp3) is 0.400. The van der Waals surface area contributed by atoms with Crippen LogP contribution >= 0.6 is 27.7 Å². The molecule has 0 saturated heterocycles. The lowest BCUT2D eigenvalue weighted by Gasteiger charge is -2.09. The number of hydrogen-bond donors (Lipinski definition) is 1. The van der Waals surface area contributed by atoms with Gasteiger partial charge < -0.3 is 9.84 Å². The van der Waals surface area contributed by atoms with Crippen LogP contribution in [0.2, 0.25) is 0 Å². The Balaban J connectivity index is 2.42. The molecule has 0 heterocycles. The van der Waals surface area contributed by atoms with Crippen LogP contribution < -0.4 is 4.74 Å². The molecule has 0 radical (unpaired) electrons. The van der Waals surface area contributed by atoms with Crippen LogP contribution in [0, 0.1) is 0 Å². The van der Waals surface area contributed by atoms with Crippen molar-refractivity contribution in [1.29, 1.82) is 0 Å². The lowest BCUT2D eigenvalue weighted by Crippen LogP contribution is -2.07. The standard InChI is InChI=1S/C10H10BrF3O2S/c11-9-2-1-8(5-7(9)6-15)16-3-4-17-10(12,13)14/h1-2,5,15H,3-4,6H2. The topological polar surface area (TPSA) is 29.5 Å². The van der Waals surface area contributed by atoms with Gasteiger partial charge in [-0.1, -0.05) is 15.9 Å². The molecule has 0 aliphatic heterocycles. The van der Waals surface area contributed by atoms with E-state index in [1.807, 2.05) is 0 Å². The molecule has 1 aromatic rings. The van der Waals surface area contributed by atoms with E-state index >= 15 is 0 Å². The maximum atomic E-state index is 11.8. The van der Waals surface area contributed by atoms with Gasteiger partial charge in [0.25, 0.3) is 0 Å². The third-order valence-electron chi connectivity index (χ3n) is 1.81. The number of aliphatic hydroxyl groups is 1. The van der Waals surface area contributed by atoms with Crippen LogP contribution in [0.3, 0.4) is 0 Å². The van der Waals surface area contributed by atoms with Gasteiger partial charge in [0.05, 0.1) is 13.2 Å². The lowest BCUT2D eigenvalue weighted by atomic mass is 10.2. The minimum Gasteiger partial charge on any atom is -0.493 e. The van der Waals surface area contributed by atoms with Gasteiger partial charge in [-0.15, -0.1) is 0 Å². The molecule has 1 N–H and O–H groups in total. The van der Waals surface area contributed by atoms with Crippen molar-refractivity contribution in [3.8, 4) is 5.75 Å². The van der Waals surface area contributed by atoms with Crippen LogP contribution in [0.1, 0.15) is 5.56 Å². The molecular formula is C10H10BrF3O2S. The summed E-state index contributed by atoms with van der Waals surface area (Å²) in [7, 11) is 0. The van der Waals surface area contributed by atoms with Gasteiger partial charge in [-0.25, -0.2) is 0 Å². The van der Waals surface area contributed by atoms with Crippen LogP contribution in [0.4, 0.5) is 13.2 Å². The van der Waals surface area contributed by atoms with Crippen LogP contribution in [-0.2, 0) is 6.61 Å². The van der Waals surface area contributed by atoms with E-state index in [0.717, 1.165) is 4.47 Å². The van der Waals surface area contributed by atoms with Gasteiger partial charge >= 0.3 is 5.51 Å². The smallest absolute Gasteiger partial charge is 0.441 e. The largest absolute Gasteiger partial charge is 0.493 e. The highest BCUT2D eigenvalue weighted by molar-refractivity contribution is 9.10. The van der Waals surface area contributed by atoms with Gasteiger partial charge in [-0.2, -0.15) is 13.2 Å². The number of alkyl halides is 3. The van der Waals surface area contributed by atoms with Crippen molar-refractivity contribution >= 4 is 27.7 Å². The van der Waals surface area contributed by atoms with E-state index in [-0.39, 0.29) is 30.7 Å². The second-order valence-corrected chi connectivity index (χ2v) is 5.07. The number of benzene rings is 1. The molecule has 7 heteroatoms. The van der Waals surface area contributed by atoms with Gasteiger partial charge in [0.15, 0.2) is 0 Å². The number of rotatable bonds is 5. The van der Waals surface area contributed by atoms with Crippen LogP contribution in [-0.4, -0.2) is 23.0 Å². The van der Waals surface area contributed by atoms with Crippen molar-refractivity contribution in [1.82, 2.24) is 0 Å². The number of aliphatic hydroxyl groups excluding tert-OH is 1. The molecule has 1 aromatic carbocycles. The summed E-state index contributed by atoms with van der Waals surface area (Å²) in [4.78, 5) is 0. The van der Waals surface area contributed by atoms with Crippen LogP contribution in [0.25, 0.3) is 0 Å². The summed E-state index contributed by atoms with van der Waals surface area (Å²) in [6.07, 6.45) is 0. The molecule has 0 unspecified atom stereocenters. The number of hydrogen-bond acceptors (Lipinski definition) is 3. The Morgan fingerprint density at radius 2 is 2.06 bits per heavy atom. The van der Waals surface area contributed by atoms with Crippen molar-refractivity contribution < 1.29 is 23.0 Å². The molecule has 0 saturated carbocycles. The van der Waals surface area contributed by atoms with Gasteiger partial charge in [-0.3, -0.25) is 0 Å². The van der Waals surface area contributed by atoms with E-state index in [2.05, 4.69) is 15.9 Å². The molecule has 0 atom stereocenters. The first-order chi connectivity index (χ1) is 7.92. The van der Waals surface area contributed by atoms with E-state index in [0.29, 0.717) is 11.3 Å². The summed E-state index contributed by atoms with van der Waals surface area (Å²) in [5.41, 5.74) is -3.59. The molecule has 0 aliphatic rings. The molecule has 96 valence electrons. The normalized spacial score (nSPS) is 11.6. The minimum absolute atomic E-state index is 0.0311. The highest BCUT2D eigenvalue weighted by atomic mass is 79.9. The first-order valence-corrected chi connectivity index (χ1v) is 6.43. The molecule has 0 amide bonds. The van der Waals surface area contributed by atoms with Gasteiger partial charge in [-0.05, 0) is 35.5 Å². The predicted octanol–water partition coefficient (Wildman–Crippen LogP) is 3.57. The van der Waals surface area contributed by atoms with Crippen LogP contribution in [0.5, 0.6) is 5.75 Å². The quantitative estimate of drug-likeness (QED) is 0.837. The zero-order chi connectivity index (χ0) is 12.9. The summed E-state index contributed by atoms with van der Waals surface area (Å²) < 4.78 is 41.3. The van der Waals surface area contributed by atoms with E-state index in [1.165, 1.54) is 0 Å². The van der Waals surface area contributed by atoms with Gasteiger partial charge in [0.1, 0.15) is 5.75 Å². The number of thioether (sulfide) groups is 1. The zero-order valence-electron chi connectivity index (χ0n) is 8.63. The molecule has 1 rings (SSSR count). The monoisotopic (exact) mass is 330 g/mol. The van der Waals surface area contributed by atoms with Gasteiger partial charge in [0, 0.05) is 10.2 Å². The Morgan fingerprint density at radius 3 is 2.65 bits per heavy atom. The molecule has 0 aliphatic carbocycles. The third kappa shape index (κ3) is 5.65. The Hall–Kier alpha value is -0.400. The second kappa shape index (κ2) is 6.51. The first-order valence-electron chi connectivity index (χ1n) is 4.65. The van der Waals surface area contributed by atoms with E-state index in [9.17, 15) is 13.2 Å². The Morgan fingerprint density at radius 1 is 1.35 bits per heavy atom. The maximum absolute atomic E-state index is 11.8. The lowest BCUT2D eigenvalue weighted by molar-refractivity contribution is -0.0329. The minimum atomic E-state index is -4.22. The highest BCUT2D eigenvalue weighted by Gasteiger charge is 2.27. The summed E-state index contributed by atoms with van der Waals surface area (Å²) in [5, 5.41) is 8.98. The molecule has 0 bridgehead atoms. The molecule has 0 aromatic heterocycles. The van der Waals surface area contributed by atoms with Crippen LogP contribution in [0.15, 0.2) is 22.7 Å². The van der Waals surface area contributed by atoms with E-state index in [1.54, 1.807) is 18.2 Å². The SMILES string of the molecule is OCc1cc(OCCSC(F)(F)F)ccc1Br. The number of ether oxygens (including phenoxy) is 1. The van der Waals surface area contributed by atoms with E-state index < -0.39 is 5.51 Å². The average Bonchev–Trinajstić information content (AvgIpc) is 2.25. The fourth-order valence-corrected chi connectivity index (χ4v) is 1.85. The van der Waals surface area contributed by atoms with Crippen molar-refractivity contribution in [3.63, 3.8) is 0 Å². The summed E-state index contributed by atoms with van der Waals surface area (Å²) >= 11 is 3.11. The Bertz CT molecular complexity index is 371. The zero-order valence-corrected chi connectivity index (χ0v) is 11.0. The first kappa shape index (κ1) is 14.7. The molecule has 0 fully saturated rings. The van der Waals surface area contributed by atoms with Gasteiger partial charge in [0.2, 0.25) is 0 Å². The fourth-order valence-electron chi connectivity index (χ4n) is 1.08. The Kier molecular flexibility index (Phi) is 5.61. The predicted molar refractivity (Wildman–Crippen MR) is 64.1 cm³/mol. The van der Waals surface area contributed by atoms with Crippen molar-refractivity contribution in [2.45, 2.75) is 12.1 Å².